The summed E-state index contributed by atoms with van der Waals surface area (Å²) in [5.74, 6) is -0.362. The standard InChI is InChI=1S/C10H14N2O4S/c1-16-9-4-2-8(3-5-9)7-17(14,15)12-10(13)6-11/h2-5H,6-7,11H2,1H3,(H,12,13). The lowest BCUT2D eigenvalue weighted by Gasteiger charge is -2.06. The molecule has 1 amide bonds. The van der Waals surface area contributed by atoms with E-state index in [9.17, 15) is 13.2 Å². The van der Waals surface area contributed by atoms with Crippen LogP contribution in [0.1, 0.15) is 5.56 Å². The van der Waals surface area contributed by atoms with Crippen LogP contribution in [-0.2, 0) is 20.6 Å². The van der Waals surface area contributed by atoms with Crippen molar-refractivity contribution in [2.45, 2.75) is 5.75 Å². The van der Waals surface area contributed by atoms with E-state index >= 15 is 0 Å². The Bertz CT molecular complexity index is 482. The molecule has 0 aliphatic rings. The van der Waals surface area contributed by atoms with Gasteiger partial charge in [-0.1, -0.05) is 12.1 Å². The summed E-state index contributed by atoms with van der Waals surface area (Å²) in [4.78, 5) is 10.9. The molecular formula is C10H14N2O4S. The van der Waals surface area contributed by atoms with Gasteiger partial charge in [0.1, 0.15) is 5.75 Å². The number of sulfonamides is 1. The maximum Gasteiger partial charge on any atom is 0.247 e. The highest BCUT2D eigenvalue weighted by molar-refractivity contribution is 7.89. The molecule has 1 rings (SSSR count). The molecule has 0 aliphatic heterocycles. The highest BCUT2D eigenvalue weighted by Gasteiger charge is 2.14. The molecule has 17 heavy (non-hydrogen) atoms. The third-order valence-corrected chi connectivity index (χ3v) is 3.22. The topological polar surface area (TPSA) is 98.5 Å². The maximum atomic E-state index is 11.5. The van der Waals surface area contributed by atoms with Gasteiger partial charge in [-0.05, 0) is 17.7 Å². The highest BCUT2D eigenvalue weighted by atomic mass is 32.2. The molecular weight excluding hydrogens is 244 g/mol. The van der Waals surface area contributed by atoms with Crippen molar-refractivity contribution in [3.63, 3.8) is 0 Å². The van der Waals surface area contributed by atoms with Gasteiger partial charge in [0.2, 0.25) is 15.9 Å². The SMILES string of the molecule is COc1ccc(CS(=O)(=O)NC(=O)CN)cc1. The van der Waals surface area contributed by atoms with E-state index in [1.54, 1.807) is 24.3 Å². The third kappa shape index (κ3) is 4.41. The molecule has 94 valence electrons. The number of hydrogen-bond acceptors (Lipinski definition) is 5. The van der Waals surface area contributed by atoms with E-state index in [0.717, 1.165) is 0 Å². The highest BCUT2D eigenvalue weighted by Crippen LogP contribution is 2.12. The first-order valence-electron chi connectivity index (χ1n) is 4.83. The van der Waals surface area contributed by atoms with Gasteiger partial charge in [-0.2, -0.15) is 0 Å². The summed E-state index contributed by atoms with van der Waals surface area (Å²) in [6, 6.07) is 6.53. The molecule has 1 aromatic carbocycles. The molecule has 0 bridgehead atoms. The average molecular weight is 258 g/mol. The maximum absolute atomic E-state index is 11.5. The van der Waals surface area contributed by atoms with E-state index in [2.05, 4.69) is 0 Å². The summed E-state index contributed by atoms with van der Waals surface area (Å²) >= 11 is 0. The van der Waals surface area contributed by atoms with Crippen molar-refractivity contribution in [2.24, 2.45) is 5.73 Å². The Hall–Kier alpha value is -1.60. The lowest BCUT2D eigenvalue weighted by molar-refractivity contribution is -0.118. The van der Waals surface area contributed by atoms with Crippen LogP contribution in [0.4, 0.5) is 0 Å². The Kier molecular flexibility index (Phi) is 4.47. The van der Waals surface area contributed by atoms with Gasteiger partial charge in [0, 0.05) is 0 Å². The Labute approximate surface area is 99.8 Å². The van der Waals surface area contributed by atoms with E-state index in [1.807, 2.05) is 4.72 Å². The number of nitrogens with one attached hydrogen (secondary N) is 1. The van der Waals surface area contributed by atoms with Gasteiger partial charge in [0.15, 0.2) is 0 Å². The van der Waals surface area contributed by atoms with Crippen LogP contribution in [0.3, 0.4) is 0 Å². The number of nitrogens with two attached hydrogens (primary N) is 1. The van der Waals surface area contributed by atoms with Crippen molar-refractivity contribution < 1.29 is 17.9 Å². The van der Waals surface area contributed by atoms with Crippen molar-refractivity contribution in [1.82, 2.24) is 4.72 Å². The normalized spacial score (nSPS) is 10.9. The van der Waals surface area contributed by atoms with Gasteiger partial charge in [0.25, 0.3) is 0 Å². The number of amides is 1. The molecule has 0 fully saturated rings. The van der Waals surface area contributed by atoms with Crippen molar-refractivity contribution in [3.05, 3.63) is 29.8 Å². The molecule has 0 saturated heterocycles. The van der Waals surface area contributed by atoms with Gasteiger partial charge in [-0.15, -0.1) is 0 Å². The van der Waals surface area contributed by atoms with Crippen LogP contribution < -0.4 is 15.2 Å². The predicted molar refractivity (Wildman–Crippen MR) is 62.8 cm³/mol. The fraction of sp³-hybridized carbons (Fsp3) is 0.300. The molecule has 0 aromatic heterocycles. The third-order valence-electron chi connectivity index (χ3n) is 1.97. The fourth-order valence-electron chi connectivity index (χ4n) is 1.19. The Morgan fingerprint density at radius 3 is 2.41 bits per heavy atom. The van der Waals surface area contributed by atoms with Crippen molar-refractivity contribution in [2.75, 3.05) is 13.7 Å². The number of carbonyl (C=O) groups is 1. The molecule has 3 N–H and O–H groups in total. The van der Waals surface area contributed by atoms with Gasteiger partial charge in [0.05, 0.1) is 19.4 Å². The van der Waals surface area contributed by atoms with Crippen LogP contribution in [0, 0.1) is 0 Å². The molecule has 0 saturated carbocycles. The summed E-state index contributed by atoms with van der Waals surface area (Å²) < 4.78 is 29.8. The minimum Gasteiger partial charge on any atom is -0.497 e. The largest absolute Gasteiger partial charge is 0.497 e. The molecule has 1 aromatic rings. The summed E-state index contributed by atoms with van der Waals surface area (Å²) in [5, 5.41) is 0. The second-order valence-corrected chi connectivity index (χ2v) is 5.06. The van der Waals surface area contributed by atoms with Crippen LogP contribution >= 0.6 is 0 Å². The summed E-state index contributed by atoms with van der Waals surface area (Å²) in [5.41, 5.74) is 5.58. The summed E-state index contributed by atoms with van der Waals surface area (Å²) in [6.45, 7) is -0.359. The van der Waals surface area contributed by atoms with E-state index in [-0.39, 0.29) is 12.3 Å². The molecule has 0 aliphatic carbocycles. The minimum atomic E-state index is -3.69. The molecule has 0 heterocycles. The second kappa shape index (κ2) is 5.65. The van der Waals surface area contributed by atoms with E-state index in [1.165, 1.54) is 7.11 Å². The van der Waals surface area contributed by atoms with E-state index < -0.39 is 15.9 Å². The smallest absolute Gasteiger partial charge is 0.247 e. The molecule has 7 heteroatoms. The Balaban J connectivity index is 2.72. The zero-order valence-corrected chi connectivity index (χ0v) is 10.2. The number of carbonyl (C=O) groups excluding carboxylic acids is 1. The number of ether oxygens (including phenoxy) is 1. The lowest BCUT2D eigenvalue weighted by Crippen LogP contribution is -2.36. The van der Waals surface area contributed by atoms with Crippen LogP contribution in [0.5, 0.6) is 5.75 Å². The number of benzene rings is 1. The van der Waals surface area contributed by atoms with Gasteiger partial charge in [-0.3, -0.25) is 9.52 Å². The average Bonchev–Trinajstić information content (AvgIpc) is 2.28. The van der Waals surface area contributed by atoms with Crippen LogP contribution in [-0.4, -0.2) is 28.0 Å². The van der Waals surface area contributed by atoms with Crippen LogP contribution in [0.2, 0.25) is 0 Å². The number of rotatable bonds is 5. The number of hydrogen-bond donors (Lipinski definition) is 2. The van der Waals surface area contributed by atoms with Crippen molar-refractivity contribution >= 4 is 15.9 Å². The van der Waals surface area contributed by atoms with Crippen molar-refractivity contribution in [1.29, 1.82) is 0 Å². The van der Waals surface area contributed by atoms with E-state index in [4.69, 9.17) is 10.5 Å². The minimum absolute atomic E-state index is 0.275. The molecule has 6 nitrogen and oxygen atoms in total. The van der Waals surface area contributed by atoms with Gasteiger partial charge < -0.3 is 10.5 Å². The summed E-state index contributed by atoms with van der Waals surface area (Å²) in [6.07, 6.45) is 0. The molecule has 0 spiro atoms. The zero-order chi connectivity index (χ0) is 12.9. The van der Waals surface area contributed by atoms with Crippen LogP contribution in [0.25, 0.3) is 0 Å². The first kappa shape index (κ1) is 13.5. The lowest BCUT2D eigenvalue weighted by atomic mass is 10.2. The zero-order valence-electron chi connectivity index (χ0n) is 9.34. The monoisotopic (exact) mass is 258 g/mol. The van der Waals surface area contributed by atoms with Crippen molar-refractivity contribution in [3.8, 4) is 5.75 Å². The van der Waals surface area contributed by atoms with E-state index in [0.29, 0.717) is 11.3 Å². The molecule has 0 unspecified atom stereocenters. The fourth-order valence-corrected chi connectivity index (χ4v) is 2.33. The Morgan fingerprint density at radius 1 is 1.35 bits per heavy atom. The van der Waals surface area contributed by atoms with Crippen LogP contribution in [0.15, 0.2) is 24.3 Å². The molecule has 0 atom stereocenters. The quantitative estimate of drug-likeness (QED) is 0.748. The second-order valence-electron chi connectivity index (χ2n) is 3.34. The Morgan fingerprint density at radius 2 is 1.94 bits per heavy atom. The summed E-state index contributed by atoms with van der Waals surface area (Å²) in [7, 11) is -2.16. The number of methoxy groups -OCH3 is 1. The first-order chi connectivity index (χ1) is 7.96. The predicted octanol–water partition coefficient (Wildman–Crippen LogP) is -0.400. The molecule has 0 radical (unpaired) electrons. The first-order valence-corrected chi connectivity index (χ1v) is 6.48. The van der Waals surface area contributed by atoms with Gasteiger partial charge in [-0.25, -0.2) is 8.42 Å². The van der Waals surface area contributed by atoms with Gasteiger partial charge >= 0.3 is 0 Å².